The first-order valence-electron chi connectivity index (χ1n) is 3.98. The lowest BCUT2D eigenvalue weighted by Crippen LogP contribution is -1.90. The zero-order valence-corrected chi connectivity index (χ0v) is 7.54. The van der Waals surface area contributed by atoms with Crippen molar-refractivity contribution in [2.75, 3.05) is 0 Å². The molecule has 0 amide bonds. The van der Waals surface area contributed by atoms with Gasteiger partial charge in [0.1, 0.15) is 0 Å². The number of carboxylic acids is 2. The Morgan fingerprint density at radius 1 is 0.923 bits per heavy atom. The molecule has 0 unspecified atom stereocenters. The van der Waals surface area contributed by atoms with Crippen molar-refractivity contribution < 1.29 is 19.8 Å². The van der Waals surface area contributed by atoms with Crippen LogP contribution in [0.2, 0.25) is 0 Å². The fourth-order valence-electron chi connectivity index (χ4n) is 0.428. The van der Waals surface area contributed by atoms with E-state index in [1.54, 1.807) is 0 Å². The van der Waals surface area contributed by atoms with E-state index in [2.05, 4.69) is 0 Å². The third-order valence-electron chi connectivity index (χ3n) is 0.928. The summed E-state index contributed by atoms with van der Waals surface area (Å²) in [6.07, 6.45) is 2.05. The summed E-state index contributed by atoms with van der Waals surface area (Å²) in [5.41, 5.74) is 0. The van der Waals surface area contributed by atoms with Crippen LogP contribution in [-0.4, -0.2) is 39.5 Å². The average Bonchev–Trinajstić information content (AvgIpc) is 1.87. The standard InChI is InChI=1S/2C4H8O2.Al.3H/c2*1-2-3-4(5)6;;;;/h2*2-3H2,1H3,(H,5,6);;;;. The molecule has 0 bridgehead atoms. The normalized spacial score (nSPS) is 7.54. The Balaban J connectivity index is -0.000000143. The maximum absolute atomic E-state index is 9.60. The molecule has 0 aromatic carbocycles. The van der Waals surface area contributed by atoms with Gasteiger partial charge in [0, 0.05) is 12.8 Å². The molecule has 0 radical (unpaired) electrons. The van der Waals surface area contributed by atoms with Gasteiger partial charge in [-0.1, -0.05) is 13.8 Å². The van der Waals surface area contributed by atoms with Crippen LogP contribution in [0.3, 0.4) is 0 Å². The van der Waals surface area contributed by atoms with Gasteiger partial charge in [-0.3, -0.25) is 9.59 Å². The van der Waals surface area contributed by atoms with Crippen molar-refractivity contribution in [1.82, 2.24) is 0 Å². The molecular weight excluding hydrogens is 187 g/mol. The zero-order valence-electron chi connectivity index (χ0n) is 7.54. The third-order valence-corrected chi connectivity index (χ3v) is 0.928. The number of rotatable bonds is 4. The number of carboxylic acid groups (broad SMARTS) is 2. The molecule has 13 heavy (non-hydrogen) atoms. The highest BCUT2D eigenvalue weighted by Gasteiger charge is 1.88. The Morgan fingerprint density at radius 2 is 1.15 bits per heavy atom. The first-order valence-corrected chi connectivity index (χ1v) is 3.98. The molecule has 0 aromatic rings. The van der Waals surface area contributed by atoms with Gasteiger partial charge in [0.05, 0.1) is 0 Å². The van der Waals surface area contributed by atoms with Gasteiger partial charge in [0.15, 0.2) is 17.4 Å². The van der Waals surface area contributed by atoms with Crippen LogP contribution in [0.1, 0.15) is 39.5 Å². The van der Waals surface area contributed by atoms with Crippen LogP contribution >= 0.6 is 0 Å². The molecule has 0 aliphatic rings. The second kappa shape index (κ2) is 14.0. The van der Waals surface area contributed by atoms with Crippen LogP contribution in [0, 0.1) is 0 Å². The van der Waals surface area contributed by atoms with E-state index in [4.69, 9.17) is 10.2 Å². The molecular formula is C8H19AlO4. The van der Waals surface area contributed by atoms with E-state index < -0.39 is 11.9 Å². The molecule has 0 spiro atoms. The van der Waals surface area contributed by atoms with E-state index >= 15 is 0 Å². The maximum atomic E-state index is 9.60. The summed E-state index contributed by atoms with van der Waals surface area (Å²) in [5, 5.41) is 15.8. The molecule has 0 aliphatic heterocycles. The predicted molar refractivity (Wildman–Crippen MR) is 55.0 cm³/mol. The predicted octanol–water partition coefficient (Wildman–Crippen LogP) is 0.558. The molecule has 0 rings (SSSR count). The van der Waals surface area contributed by atoms with Gasteiger partial charge in [-0.25, -0.2) is 0 Å². The minimum Gasteiger partial charge on any atom is -0.481 e. The zero-order chi connectivity index (χ0) is 9.98. The summed E-state index contributed by atoms with van der Waals surface area (Å²) in [6, 6.07) is 0. The minimum absolute atomic E-state index is 0. The summed E-state index contributed by atoms with van der Waals surface area (Å²) in [5.74, 6) is -1.42. The van der Waals surface area contributed by atoms with Gasteiger partial charge in [-0.2, -0.15) is 0 Å². The summed E-state index contributed by atoms with van der Waals surface area (Å²) < 4.78 is 0. The van der Waals surface area contributed by atoms with Crippen LogP contribution < -0.4 is 0 Å². The Morgan fingerprint density at radius 3 is 1.15 bits per heavy atom. The fraction of sp³-hybridized carbons (Fsp3) is 0.750. The van der Waals surface area contributed by atoms with Crippen molar-refractivity contribution in [2.24, 2.45) is 0 Å². The van der Waals surface area contributed by atoms with Crippen LogP contribution in [0.25, 0.3) is 0 Å². The smallest absolute Gasteiger partial charge is 0.303 e. The summed E-state index contributed by atoms with van der Waals surface area (Å²) >= 11 is 0. The highest BCUT2D eigenvalue weighted by molar-refractivity contribution is 5.75. The SMILES string of the molecule is CCCC(=O)O.CCCC(=O)O.[AlH3]. The molecule has 4 nitrogen and oxygen atoms in total. The Bertz CT molecular complexity index is 120. The lowest BCUT2D eigenvalue weighted by molar-refractivity contribution is -0.138. The fourth-order valence-corrected chi connectivity index (χ4v) is 0.428. The molecule has 0 aliphatic carbocycles. The molecule has 0 aromatic heterocycles. The van der Waals surface area contributed by atoms with Crippen LogP contribution in [-0.2, 0) is 9.59 Å². The van der Waals surface area contributed by atoms with E-state index in [0.29, 0.717) is 12.8 Å². The second-order valence-electron chi connectivity index (χ2n) is 2.29. The molecule has 5 heteroatoms. The first-order chi connectivity index (χ1) is 5.54. The molecule has 0 saturated carbocycles. The summed E-state index contributed by atoms with van der Waals surface area (Å²) in [7, 11) is 0. The number of hydrogen-bond donors (Lipinski definition) is 2. The molecule has 78 valence electrons. The van der Waals surface area contributed by atoms with E-state index in [0.717, 1.165) is 12.8 Å². The van der Waals surface area contributed by atoms with Crippen LogP contribution in [0.5, 0.6) is 0 Å². The van der Waals surface area contributed by atoms with E-state index in [-0.39, 0.29) is 17.4 Å². The highest BCUT2D eigenvalue weighted by atomic mass is 27.0. The monoisotopic (exact) mass is 206 g/mol. The van der Waals surface area contributed by atoms with Gasteiger partial charge in [0.2, 0.25) is 0 Å². The number of hydrogen-bond acceptors (Lipinski definition) is 2. The van der Waals surface area contributed by atoms with Crippen molar-refractivity contribution >= 4 is 29.3 Å². The lowest BCUT2D eigenvalue weighted by Gasteiger charge is -1.79. The highest BCUT2D eigenvalue weighted by Crippen LogP contribution is 1.82. The first kappa shape index (κ1) is 18.3. The summed E-state index contributed by atoms with van der Waals surface area (Å²) in [4.78, 5) is 19.2. The van der Waals surface area contributed by atoms with Gasteiger partial charge in [-0.15, -0.1) is 0 Å². The molecule has 0 atom stereocenters. The number of aliphatic carboxylic acids is 2. The van der Waals surface area contributed by atoms with Crippen molar-refractivity contribution in [3.63, 3.8) is 0 Å². The largest absolute Gasteiger partial charge is 0.481 e. The van der Waals surface area contributed by atoms with Gasteiger partial charge < -0.3 is 10.2 Å². The Kier molecular flexibility index (Phi) is 19.7. The quantitative estimate of drug-likeness (QED) is 0.659. The third kappa shape index (κ3) is 34.4. The van der Waals surface area contributed by atoms with E-state index in [9.17, 15) is 9.59 Å². The van der Waals surface area contributed by atoms with Crippen molar-refractivity contribution in [3.05, 3.63) is 0 Å². The average molecular weight is 206 g/mol. The minimum atomic E-state index is -0.711. The molecule has 0 saturated heterocycles. The van der Waals surface area contributed by atoms with Crippen LogP contribution in [0.15, 0.2) is 0 Å². The second-order valence-corrected chi connectivity index (χ2v) is 2.29. The van der Waals surface area contributed by atoms with Crippen LogP contribution in [0.4, 0.5) is 0 Å². The Hall–Kier alpha value is -0.528. The molecule has 0 fully saturated rings. The van der Waals surface area contributed by atoms with E-state index in [1.165, 1.54) is 0 Å². The van der Waals surface area contributed by atoms with Crippen molar-refractivity contribution in [2.45, 2.75) is 39.5 Å². The van der Waals surface area contributed by atoms with E-state index in [1.807, 2.05) is 13.8 Å². The Labute approximate surface area is 89.1 Å². The topological polar surface area (TPSA) is 74.6 Å². The number of carbonyl (C=O) groups is 2. The van der Waals surface area contributed by atoms with Gasteiger partial charge in [-0.05, 0) is 12.8 Å². The van der Waals surface area contributed by atoms with Gasteiger partial charge >= 0.3 is 11.9 Å². The van der Waals surface area contributed by atoms with Gasteiger partial charge in [0.25, 0.3) is 0 Å². The molecule has 0 heterocycles. The van der Waals surface area contributed by atoms with Crippen molar-refractivity contribution in [1.29, 1.82) is 0 Å². The van der Waals surface area contributed by atoms with Crippen molar-refractivity contribution in [3.8, 4) is 0 Å². The molecule has 2 N–H and O–H groups in total. The maximum Gasteiger partial charge on any atom is 0.303 e. The lowest BCUT2D eigenvalue weighted by atomic mass is 10.4. The summed E-state index contributed by atoms with van der Waals surface area (Å²) in [6.45, 7) is 3.68.